The monoisotopic (exact) mass is 474 g/mol. The van der Waals surface area contributed by atoms with Crippen LogP contribution in [-0.2, 0) is 23.7 Å². The lowest BCUT2D eigenvalue weighted by molar-refractivity contribution is -0.382. The van der Waals surface area contributed by atoms with Gasteiger partial charge in [-0.1, -0.05) is 0 Å². The van der Waals surface area contributed by atoms with Crippen molar-refractivity contribution in [2.24, 2.45) is 0 Å². The van der Waals surface area contributed by atoms with Crippen LogP contribution in [0.4, 0.5) is 0 Å². The van der Waals surface area contributed by atoms with Crippen molar-refractivity contribution >= 4 is 0 Å². The maximum atomic E-state index is 10.6. The first-order valence-corrected chi connectivity index (χ1v) is 10.00. The maximum Gasteiger partial charge on any atom is 0.187 e. The Morgan fingerprint density at radius 1 is 0.594 bits per heavy atom. The molecule has 1 unspecified atom stereocenters. The van der Waals surface area contributed by atoms with E-state index in [0.29, 0.717) is 0 Å². The highest BCUT2D eigenvalue weighted by Gasteiger charge is 2.52. The molecule has 0 amide bonds. The SMILES string of the molecule is OC[C@H]1O[C@@H](O[C@H]2[C@H](O)[C@@H](CO)OC(O)[C@@H]2O[C@@H]2OC[C@@H](O)[C@H](O)[C@H]2O)[C@H](O)[C@@H](O)[C@@H]1O. The van der Waals surface area contributed by atoms with E-state index >= 15 is 0 Å². The first kappa shape index (κ1) is 26.0. The minimum absolute atomic E-state index is 0.424. The standard InChI is InChI=1S/C17H30O15/c18-1-5-8(22)10(24)12(26)17(30-5)31-13-9(23)6(2-19)29-15(27)14(13)32-16-11(25)7(21)4(20)3-28-16/h4-27H,1-3H2/t4-,5-,6-,7+,8-,9-,10+,11-,12-,13+,14-,15?,16+,17+/m1/s1. The van der Waals surface area contributed by atoms with E-state index in [2.05, 4.69) is 0 Å². The molecule has 0 aliphatic carbocycles. The summed E-state index contributed by atoms with van der Waals surface area (Å²) in [6, 6.07) is 0. The zero-order valence-electron chi connectivity index (χ0n) is 16.7. The lowest BCUT2D eigenvalue weighted by Crippen LogP contribution is -2.66. The Labute approximate surface area is 181 Å². The van der Waals surface area contributed by atoms with Crippen LogP contribution in [0.3, 0.4) is 0 Å². The van der Waals surface area contributed by atoms with Gasteiger partial charge in [-0.05, 0) is 0 Å². The van der Waals surface area contributed by atoms with Crippen molar-refractivity contribution < 1.29 is 74.7 Å². The summed E-state index contributed by atoms with van der Waals surface area (Å²) in [6.45, 7) is -1.93. The van der Waals surface area contributed by atoms with Crippen LogP contribution in [0, 0.1) is 0 Å². The molecule has 0 saturated carbocycles. The molecule has 0 spiro atoms. The van der Waals surface area contributed by atoms with E-state index in [1.807, 2.05) is 0 Å². The van der Waals surface area contributed by atoms with Gasteiger partial charge < -0.3 is 74.7 Å². The van der Waals surface area contributed by atoms with Crippen LogP contribution in [0.5, 0.6) is 0 Å². The molecule has 15 nitrogen and oxygen atoms in total. The second kappa shape index (κ2) is 10.8. The van der Waals surface area contributed by atoms with Gasteiger partial charge in [0.05, 0.1) is 19.8 Å². The van der Waals surface area contributed by atoms with Crippen molar-refractivity contribution in [3.63, 3.8) is 0 Å². The summed E-state index contributed by atoms with van der Waals surface area (Å²) in [5.41, 5.74) is 0. The van der Waals surface area contributed by atoms with Gasteiger partial charge in [-0.15, -0.1) is 0 Å². The van der Waals surface area contributed by atoms with Crippen LogP contribution < -0.4 is 0 Å². The molecule has 15 heteroatoms. The molecular weight excluding hydrogens is 444 g/mol. The third kappa shape index (κ3) is 5.07. The second-order valence-electron chi connectivity index (χ2n) is 7.89. The lowest BCUT2D eigenvalue weighted by Gasteiger charge is -2.47. The van der Waals surface area contributed by atoms with Crippen molar-refractivity contribution in [1.82, 2.24) is 0 Å². The zero-order chi connectivity index (χ0) is 23.7. The molecule has 3 heterocycles. The Morgan fingerprint density at radius 3 is 1.78 bits per heavy atom. The fraction of sp³-hybridized carbons (Fsp3) is 1.00. The van der Waals surface area contributed by atoms with Crippen molar-refractivity contribution in [2.75, 3.05) is 19.8 Å². The Kier molecular flexibility index (Phi) is 8.75. The first-order chi connectivity index (χ1) is 15.1. The normalized spacial score (nSPS) is 52.7. The van der Waals surface area contributed by atoms with Gasteiger partial charge in [-0.3, -0.25) is 0 Å². The summed E-state index contributed by atoms with van der Waals surface area (Å²) < 4.78 is 26.4. The minimum atomic E-state index is -1.87. The van der Waals surface area contributed by atoms with Gasteiger partial charge in [-0.2, -0.15) is 0 Å². The molecule has 3 aliphatic rings. The van der Waals surface area contributed by atoms with Gasteiger partial charge in [0.15, 0.2) is 18.9 Å². The van der Waals surface area contributed by atoms with Gasteiger partial charge >= 0.3 is 0 Å². The van der Waals surface area contributed by atoms with Crippen molar-refractivity contribution in [2.45, 2.75) is 86.0 Å². The van der Waals surface area contributed by atoms with Crippen LogP contribution >= 0.6 is 0 Å². The molecule has 3 saturated heterocycles. The average Bonchev–Trinajstić information content (AvgIpc) is 2.78. The largest absolute Gasteiger partial charge is 0.394 e. The number of rotatable bonds is 6. The van der Waals surface area contributed by atoms with Gasteiger partial charge in [-0.25, -0.2) is 0 Å². The van der Waals surface area contributed by atoms with Crippen molar-refractivity contribution in [3.05, 3.63) is 0 Å². The molecule has 0 aromatic rings. The van der Waals surface area contributed by atoms with E-state index in [1.165, 1.54) is 0 Å². The third-order valence-corrected chi connectivity index (χ3v) is 5.70. The third-order valence-electron chi connectivity index (χ3n) is 5.70. The van der Waals surface area contributed by atoms with Gasteiger partial charge in [0.25, 0.3) is 0 Å². The Morgan fingerprint density at radius 2 is 1.16 bits per heavy atom. The predicted molar refractivity (Wildman–Crippen MR) is 95.2 cm³/mol. The van der Waals surface area contributed by atoms with E-state index < -0.39 is 106 Å². The minimum Gasteiger partial charge on any atom is -0.394 e. The fourth-order valence-corrected chi connectivity index (χ4v) is 3.75. The van der Waals surface area contributed by atoms with E-state index in [4.69, 9.17) is 23.7 Å². The van der Waals surface area contributed by atoms with E-state index in [1.54, 1.807) is 0 Å². The van der Waals surface area contributed by atoms with Crippen LogP contribution in [-0.4, -0.2) is 157 Å². The summed E-state index contributed by atoms with van der Waals surface area (Å²) >= 11 is 0. The van der Waals surface area contributed by atoms with E-state index in [9.17, 15) is 51.1 Å². The van der Waals surface area contributed by atoms with Gasteiger partial charge in [0.2, 0.25) is 0 Å². The average molecular weight is 474 g/mol. The predicted octanol–water partition coefficient (Wildman–Crippen LogP) is -6.93. The number of hydrogen-bond acceptors (Lipinski definition) is 15. The quantitative estimate of drug-likeness (QED) is 0.172. The molecule has 0 aromatic carbocycles. The van der Waals surface area contributed by atoms with Crippen LogP contribution in [0.2, 0.25) is 0 Å². The van der Waals surface area contributed by atoms with Gasteiger partial charge in [0, 0.05) is 0 Å². The van der Waals surface area contributed by atoms with E-state index in [0.717, 1.165) is 0 Å². The highest BCUT2D eigenvalue weighted by molar-refractivity contribution is 4.95. The van der Waals surface area contributed by atoms with Crippen LogP contribution in [0.1, 0.15) is 0 Å². The maximum absolute atomic E-state index is 10.6. The highest BCUT2D eigenvalue weighted by Crippen LogP contribution is 2.31. The van der Waals surface area contributed by atoms with Crippen molar-refractivity contribution in [3.8, 4) is 0 Å². The summed E-state index contributed by atoms with van der Waals surface area (Å²) in [7, 11) is 0. The second-order valence-corrected chi connectivity index (χ2v) is 7.89. The smallest absolute Gasteiger partial charge is 0.187 e. The summed E-state index contributed by atoms with van der Waals surface area (Å²) in [5.74, 6) is 0. The topological polar surface area (TPSA) is 248 Å². The Bertz CT molecular complexity index is 594. The Balaban J connectivity index is 1.80. The molecular formula is C17H30O15. The molecule has 32 heavy (non-hydrogen) atoms. The summed E-state index contributed by atoms with van der Waals surface area (Å²) in [5, 5.41) is 99.2. The zero-order valence-corrected chi connectivity index (χ0v) is 16.7. The number of aliphatic hydroxyl groups is 10. The highest BCUT2D eigenvalue weighted by atomic mass is 16.8. The summed E-state index contributed by atoms with van der Waals surface area (Å²) in [6.07, 6.45) is -23.0. The molecule has 3 fully saturated rings. The van der Waals surface area contributed by atoms with Crippen LogP contribution in [0.15, 0.2) is 0 Å². The molecule has 10 N–H and O–H groups in total. The van der Waals surface area contributed by atoms with Crippen LogP contribution in [0.25, 0.3) is 0 Å². The number of aliphatic hydroxyl groups excluding tert-OH is 10. The first-order valence-electron chi connectivity index (χ1n) is 10.00. The molecule has 3 rings (SSSR count). The molecule has 0 radical (unpaired) electrons. The molecule has 0 aromatic heterocycles. The molecule has 188 valence electrons. The van der Waals surface area contributed by atoms with Crippen molar-refractivity contribution in [1.29, 1.82) is 0 Å². The molecule has 14 atom stereocenters. The molecule has 0 bridgehead atoms. The summed E-state index contributed by atoms with van der Waals surface area (Å²) in [4.78, 5) is 0. The fourth-order valence-electron chi connectivity index (χ4n) is 3.75. The number of ether oxygens (including phenoxy) is 5. The number of hydrogen-bond donors (Lipinski definition) is 10. The molecule has 3 aliphatic heterocycles. The Hall–Kier alpha value is -0.600. The van der Waals surface area contributed by atoms with Gasteiger partial charge in [0.1, 0.15) is 67.1 Å². The van der Waals surface area contributed by atoms with E-state index in [-0.39, 0.29) is 0 Å². The lowest BCUT2D eigenvalue weighted by atomic mass is 9.96.